The number of pyridine rings is 2. The molecular weight excluding hydrogens is 1510 g/mol. The number of aliphatic imine (C=N–C) groups is 1. The van der Waals surface area contributed by atoms with Crippen molar-refractivity contribution >= 4 is 112 Å². The lowest BCUT2D eigenvalue weighted by atomic mass is 9.84. The van der Waals surface area contributed by atoms with Crippen LogP contribution in [0, 0.1) is 11.3 Å². The third-order valence-corrected chi connectivity index (χ3v) is 21.8. The second-order valence-corrected chi connectivity index (χ2v) is 28.5. The van der Waals surface area contributed by atoms with Gasteiger partial charge in [-0.05, 0) is 129 Å². The molecule has 2 atom stereocenters. The van der Waals surface area contributed by atoms with Crippen LogP contribution in [0.5, 0.6) is 0 Å². The normalized spacial score (nSPS) is 17.5. The first-order chi connectivity index (χ1) is 77.5. The average Bonchev–Trinajstić information content (AvgIpc) is 1.68. The van der Waals surface area contributed by atoms with Crippen LogP contribution in [-0.4, -0.2) is 28.4 Å². The van der Waals surface area contributed by atoms with Crippen molar-refractivity contribution in [2.24, 2.45) is 10.9 Å². The van der Waals surface area contributed by atoms with Crippen molar-refractivity contribution in [1.82, 2.24) is 9.97 Å². The minimum Gasteiger partial charge on any atom is -0.309 e. The highest BCUT2D eigenvalue weighted by Gasteiger charge is 2.29. The van der Waals surface area contributed by atoms with Crippen LogP contribution in [0.25, 0.3) is 186 Å². The van der Waals surface area contributed by atoms with Crippen molar-refractivity contribution in [2.45, 2.75) is 6.04 Å². The summed E-state index contributed by atoms with van der Waals surface area (Å²) in [4.78, 5) is 14.0. The van der Waals surface area contributed by atoms with E-state index in [1.165, 1.54) is 18.4 Å². The van der Waals surface area contributed by atoms with Gasteiger partial charge in [-0.25, -0.2) is 4.98 Å². The number of aromatic nitrogens is 2. The Balaban J connectivity index is 0.000000190. The molecule has 0 aliphatic carbocycles. The van der Waals surface area contributed by atoms with Crippen molar-refractivity contribution < 1.29 is 56.2 Å². The Morgan fingerprint density at radius 2 is 0.754 bits per heavy atom. The predicted octanol–water partition coefficient (Wildman–Crippen LogP) is 32.5. The fourth-order valence-electron chi connectivity index (χ4n) is 14.1. The van der Waals surface area contributed by atoms with Gasteiger partial charge in [0.1, 0.15) is 0 Å². The molecule has 0 amide bonds. The van der Waals surface area contributed by atoms with Gasteiger partial charge in [-0.3, -0.25) is 9.98 Å². The van der Waals surface area contributed by atoms with E-state index in [4.69, 9.17) is 44.7 Å². The molecule has 2 unspecified atom stereocenters. The summed E-state index contributed by atoms with van der Waals surface area (Å²) in [5, 5.41) is 4.39. The number of fused-ring (bicyclic) bond motifs is 7. The van der Waals surface area contributed by atoms with Gasteiger partial charge in [-0.1, -0.05) is 431 Å². The zero-order chi connectivity index (χ0) is 118. The molecule has 0 bridgehead atoms. The number of rotatable bonds is 16. The van der Waals surface area contributed by atoms with E-state index < -0.39 is 335 Å². The van der Waals surface area contributed by atoms with E-state index in [0.29, 0.717) is 49.6 Å². The van der Waals surface area contributed by atoms with E-state index in [1.807, 2.05) is 115 Å². The molecule has 4 nitrogen and oxygen atoms in total. The molecule has 582 valence electrons. The van der Waals surface area contributed by atoms with Gasteiger partial charge < -0.3 is 5.41 Å². The van der Waals surface area contributed by atoms with Crippen molar-refractivity contribution in [1.29, 1.82) is 5.41 Å². The average molecular weight is 1640 g/mol. The zero-order valence-corrected chi connectivity index (χ0v) is 65.9. The monoisotopic (exact) mass is 1640 g/mol. The van der Waals surface area contributed by atoms with Gasteiger partial charge in [0, 0.05) is 93.8 Å². The highest BCUT2D eigenvalue weighted by atomic mass is 32.1. The van der Waals surface area contributed by atoms with Crippen molar-refractivity contribution in [2.75, 3.05) is 0 Å². The summed E-state index contributed by atoms with van der Waals surface area (Å²) in [6.45, 7) is 12.1. The van der Waals surface area contributed by atoms with Gasteiger partial charge in [0.2, 0.25) is 0 Å². The number of nitrogens with one attached hydrogen (secondary N) is 1. The Bertz CT molecular complexity index is 9500. The standard InChI is InChI=1S/C58H38N2S.C36H24S.C12H14N2.C10H10/c1-3-42-43(4-2)49(34-33-44(42)50-35-32-41-31-30-40-25-18-36-59-55(40)56(41)60-50)57-52(38-21-10-6-11-22-38)53(39-23-12-7-13-24-39)58(61-57)54-47-28-16-14-26-45(47)51(37-19-8-5-9-20-37)46-27-15-17-29-48(46)54;1-4-14-25(15-5-1)32-24-33(26-16-6-2-7-17-26)37-36(32)35-30-22-12-10-20-28(30)34(27-18-8-3-9-19-27)29-21-11-13-23-31(29)35;1-2-11-7-6-10-14-12(11)8-4-3-5-9-13;1-2-4-6-8-10-9-7-5-3-1/h3-36H,1-2H2;1-24H;2-13H,1H2;1-10H/b;;5-3-,8-4+,13-9?;/i5D,6D,7D,8D,9D,10D,11D,12D,13D,14D,15D,16D,17D,19D,20D,21D,22D,23D,24D,26D,27D,28D,29D;1D,3D,4D,5D,8D,9D,10D,11D,12D,13D,14D,15D,18D,19D,20D,21D,22D,23D;;. The fourth-order valence-corrected chi connectivity index (χ4v) is 16.8. The third kappa shape index (κ3) is 16.7. The summed E-state index contributed by atoms with van der Waals surface area (Å²) in [7, 11) is 0. The molecule has 19 aromatic rings. The Labute approximate surface area is 779 Å². The second kappa shape index (κ2) is 38.0. The maximum Gasteiger partial charge on any atom is 0.0972 e. The molecular formula is C116H86N4S2. The topological polar surface area (TPSA) is 62.0 Å². The van der Waals surface area contributed by atoms with Crippen LogP contribution in [0.4, 0.5) is 0 Å². The van der Waals surface area contributed by atoms with Crippen LogP contribution >= 0.6 is 22.7 Å². The molecule has 0 fully saturated rings. The molecule has 15 aromatic carbocycles. The molecule has 0 radical (unpaired) electrons. The van der Waals surface area contributed by atoms with E-state index in [-0.39, 0.29) is 60.3 Å². The Morgan fingerprint density at radius 1 is 0.344 bits per heavy atom. The van der Waals surface area contributed by atoms with Crippen molar-refractivity contribution in [3.8, 4) is 109 Å². The highest BCUT2D eigenvalue weighted by Crippen LogP contribution is 2.57. The van der Waals surface area contributed by atoms with E-state index >= 15 is 0 Å². The highest BCUT2D eigenvalue weighted by molar-refractivity contribution is 7.20. The maximum atomic E-state index is 9.81. The van der Waals surface area contributed by atoms with E-state index in [9.17, 15) is 21.9 Å². The Hall–Kier alpha value is -15.2. The lowest BCUT2D eigenvalue weighted by molar-refractivity contribution is 0.692. The van der Waals surface area contributed by atoms with Gasteiger partial charge >= 0.3 is 0 Å². The lowest BCUT2D eigenvalue weighted by Crippen LogP contribution is -2.14. The maximum absolute atomic E-state index is 9.81. The van der Waals surface area contributed by atoms with Gasteiger partial charge in [-0.15, -0.1) is 29.3 Å². The minimum atomic E-state index is -0.931. The van der Waals surface area contributed by atoms with Gasteiger partial charge in [0.15, 0.2) is 0 Å². The summed E-state index contributed by atoms with van der Waals surface area (Å²) in [6, 6.07) is 11.1. The number of dihydropyridines is 1. The molecule has 0 saturated heterocycles. The Morgan fingerprint density at radius 3 is 1.23 bits per heavy atom. The largest absolute Gasteiger partial charge is 0.309 e. The van der Waals surface area contributed by atoms with Gasteiger partial charge in [0.25, 0.3) is 0 Å². The first-order valence-corrected chi connectivity index (χ1v) is 39.3. The molecule has 6 heteroatoms. The van der Waals surface area contributed by atoms with E-state index in [0.717, 1.165) is 22.1 Å². The van der Waals surface area contributed by atoms with Crippen LogP contribution < -0.4 is 0 Å². The van der Waals surface area contributed by atoms with E-state index in [1.54, 1.807) is 79.2 Å². The van der Waals surface area contributed by atoms with Crippen LogP contribution in [0.3, 0.4) is 0 Å². The van der Waals surface area contributed by atoms with Gasteiger partial charge in [0.05, 0.1) is 79.0 Å². The van der Waals surface area contributed by atoms with Crippen LogP contribution in [0.1, 0.15) is 67.3 Å². The van der Waals surface area contributed by atoms with Crippen LogP contribution in [-0.2, 0) is 0 Å². The molecule has 4 aromatic heterocycles. The predicted molar refractivity (Wildman–Crippen MR) is 530 cm³/mol. The second-order valence-electron chi connectivity index (χ2n) is 26.4. The van der Waals surface area contributed by atoms with Crippen LogP contribution in [0.2, 0.25) is 0 Å². The molecule has 5 heterocycles. The van der Waals surface area contributed by atoms with Crippen LogP contribution in [0.15, 0.2) is 467 Å². The molecule has 0 spiro atoms. The fraction of sp³-hybridized carbons (Fsp3) is 0.0172. The molecule has 1 aliphatic heterocycles. The zero-order valence-electron chi connectivity index (χ0n) is 105. The van der Waals surface area contributed by atoms with Crippen molar-refractivity contribution in [3.05, 3.63) is 473 Å². The number of benzene rings is 14. The smallest absolute Gasteiger partial charge is 0.0972 e. The summed E-state index contributed by atoms with van der Waals surface area (Å²) in [5.41, 5.74) is -2.08. The SMILES string of the molecule is C=CC1C=CC=NC1/C=C/C=C\C=N.[2H]c1c([2H])c([2H])c(-c2c(-c3ccc(-c4ccc5ccc6cccnc6c5n4)c(C=C)c3C=C)sc(-c3c4c([2H])c([2H])c([2H])c([2H])c4c(-c4c([2H])c([2H])c([2H])c([2H])c4[2H])c4c([2H])c([2H])c([2H])c([2H])c34)c2-c2c([2H])c([2H])c([2H])c([2H])c2[2H])c([2H])c1[2H].[2H]c1c([2H])c([2H])c(-c2cc(-c3ccccc3)sc2-c2c3c([2H])c([2H])c([2H])c([2H])c3c(-c3c([2H])c([2H])c([2H])c([2H])c3[2H])c3c([2H])c([2H])c([2H])c([2H])c23)c([2H])c1[2H].c1ccccccccc1. The summed E-state index contributed by atoms with van der Waals surface area (Å²) < 4.78 is 369. The lowest BCUT2D eigenvalue weighted by Gasteiger charge is -2.18. The number of hydrogen-bond acceptors (Lipinski definition) is 6. The first kappa shape index (κ1) is 44.6. The summed E-state index contributed by atoms with van der Waals surface area (Å²) in [6.07, 6.45) is 20.9. The quantitative estimate of drug-likeness (QED) is 0.0344. The number of hydrogen-bond donors (Lipinski definition) is 1. The van der Waals surface area contributed by atoms with E-state index in [2.05, 4.69) is 35.8 Å². The molecule has 20 rings (SSSR count). The van der Waals surface area contributed by atoms with Crippen molar-refractivity contribution in [3.63, 3.8) is 0 Å². The Kier molecular flexibility index (Phi) is 13.9. The first-order valence-electron chi connectivity index (χ1n) is 58.2. The van der Waals surface area contributed by atoms with Gasteiger partial charge in [-0.2, -0.15) is 0 Å². The summed E-state index contributed by atoms with van der Waals surface area (Å²) >= 11 is 1.64. The third-order valence-electron chi connectivity index (χ3n) is 19.4. The number of nitrogens with zero attached hydrogens (tertiary/aromatic N) is 3. The molecule has 0 saturated carbocycles. The molecule has 1 N–H and O–H groups in total. The minimum absolute atomic E-state index is 0.00108. The molecule has 122 heavy (non-hydrogen) atoms. The number of allylic oxidation sites excluding steroid dienone is 4. The molecule has 1 aliphatic rings. The summed E-state index contributed by atoms with van der Waals surface area (Å²) in [5.74, 6) is 0.282. The number of thiophene rings is 2.